The summed E-state index contributed by atoms with van der Waals surface area (Å²) in [6.45, 7) is 2.94. The molecule has 0 unspecified atom stereocenters. The number of carbonyl (C=O) groups excluding carboxylic acids is 3. The van der Waals surface area contributed by atoms with Crippen LogP contribution in [0.25, 0.3) is 0 Å². The third kappa shape index (κ3) is 6.86. The van der Waals surface area contributed by atoms with Crippen molar-refractivity contribution in [3.8, 4) is 5.75 Å². The Morgan fingerprint density at radius 3 is 2.08 bits per heavy atom. The zero-order valence-corrected chi connectivity index (χ0v) is 21.0. The van der Waals surface area contributed by atoms with Gasteiger partial charge < -0.3 is 20.1 Å². The molecule has 192 valence electrons. The molecule has 2 aliphatic rings. The number of fused-ring (bicyclic) bond motifs is 1. The van der Waals surface area contributed by atoms with E-state index in [1.165, 1.54) is 24.0 Å². The maximum absolute atomic E-state index is 12.5. The molecule has 1 fully saturated rings. The molecule has 0 radical (unpaired) electrons. The Balaban J connectivity index is 1.16. The SMILES string of the molecule is CCOC(=O)C1CCC(Oc2ccc(C(=O)NCCNC(=O)c3ccc4c(c3)CCCC4)cc2)CC1. The second-order valence-corrected chi connectivity index (χ2v) is 9.57. The minimum atomic E-state index is -0.195. The van der Waals surface area contributed by atoms with Gasteiger partial charge in [0.1, 0.15) is 5.75 Å². The Kier molecular flexibility index (Phi) is 8.98. The van der Waals surface area contributed by atoms with Crippen molar-refractivity contribution >= 4 is 17.8 Å². The van der Waals surface area contributed by atoms with Crippen LogP contribution in [0.5, 0.6) is 5.75 Å². The van der Waals surface area contributed by atoms with Gasteiger partial charge in [0.05, 0.1) is 18.6 Å². The molecule has 0 aliphatic heterocycles. The summed E-state index contributed by atoms with van der Waals surface area (Å²) in [7, 11) is 0. The van der Waals surface area contributed by atoms with Crippen molar-refractivity contribution in [3.63, 3.8) is 0 Å². The van der Waals surface area contributed by atoms with E-state index < -0.39 is 0 Å². The molecule has 7 heteroatoms. The van der Waals surface area contributed by atoms with Crippen molar-refractivity contribution < 1.29 is 23.9 Å². The molecule has 2 aliphatic carbocycles. The molecular formula is C29H36N2O5. The van der Waals surface area contributed by atoms with E-state index in [9.17, 15) is 14.4 Å². The van der Waals surface area contributed by atoms with Crippen molar-refractivity contribution in [1.29, 1.82) is 0 Å². The second-order valence-electron chi connectivity index (χ2n) is 9.57. The fourth-order valence-corrected chi connectivity index (χ4v) is 4.98. The number of esters is 1. The molecule has 0 aromatic heterocycles. The second kappa shape index (κ2) is 12.6. The first-order valence-corrected chi connectivity index (χ1v) is 13.1. The van der Waals surface area contributed by atoms with Gasteiger partial charge in [-0.15, -0.1) is 0 Å². The Labute approximate surface area is 212 Å². The number of rotatable bonds is 9. The van der Waals surface area contributed by atoms with Crippen LogP contribution in [0.2, 0.25) is 0 Å². The van der Waals surface area contributed by atoms with E-state index in [4.69, 9.17) is 9.47 Å². The summed E-state index contributed by atoms with van der Waals surface area (Å²) in [5.41, 5.74) is 3.84. The van der Waals surface area contributed by atoms with Crippen LogP contribution in [-0.2, 0) is 22.4 Å². The molecule has 2 aromatic rings. The van der Waals surface area contributed by atoms with Crippen molar-refractivity contribution in [2.24, 2.45) is 5.92 Å². The largest absolute Gasteiger partial charge is 0.490 e. The minimum absolute atomic E-state index is 0.0290. The van der Waals surface area contributed by atoms with Crippen LogP contribution in [0.4, 0.5) is 0 Å². The van der Waals surface area contributed by atoms with E-state index in [0.717, 1.165) is 38.5 Å². The van der Waals surface area contributed by atoms with Crippen LogP contribution in [0.15, 0.2) is 42.5 Å². The van der Waals surface area contributed by atoms with E-state index in [2.05, 4.69) is 16.7 Å². The molecule has 36 heavy (non-hydrogen) atoms. The molecule has 0 saturated heterocycles. The highest BCUT2D eigenvalue weighted by atomic mass is 16.5. The number of amides is 2. The molecule has 2 aromatic carbocycles. The predicted molar refractivity (Wildman–Crippen MR) is 137 cm³/mol. The number of carbonyl (C=O) groups is 3. The van der Waals surface area contributed by atoms with E-state index in [1.807, 2.05) is 19.1 Å². The summed E-state index contributed by atoms with van der Waals surface area (Å²) in [4.78, 5) is 36.8. The number of nitrogens with one attached hydrogen (secondary N) is 2. The van der Waals surface area contributed by atoms with Gasteiger partial charge in [0, 0.05) is 24.2 Å². The van der Waals surface area contributed by atoms with E-state index >= 15 is 0 Å². The lowest BCUT2D eigenvalue weighted by Gasteiger charge is -2.27. The lowest BCUT2D eigenvalue weighted by Crippen LogP contribution is -2.34. The van der Waals surface area contributed by atoms with Gasteiger partial charge in [0.25, 0.3) is 11.8 Å². The summed E-state index contributed by atoms with van der Waals surface area (Å²) < 4.78 is 11.2. The Morgan fingerprint density at radius 1 is 0.806 bits per heavy atom. The quantitative estimate of drug-likeness (QED) is 0.404. The summed E-state index contributed by atoms with van der Waals surface area (Å²) in [6.07, 6.45) is 7.74. The molecule has 2 amide bonds. The number of hydrogen-bond acceptors (Lipinski definition) is 5. The third-order valence-electron chi connectivity index (χ3n) is 7.02. The smallest absolute Gasteiger partial charge is 0.308 e. The van der Waals surface area contributed by atoms with Gasteiger partial charge in [-0.2, -0.15) is 0 Å². The molecule has 1 saturated carbocycles. The van der Waals surface area contributed by atoms with Crippen LogP contribution >= 0.6 is 0 Å². The van der Waals surface area contributed by atoms with E-state index in [-0.39, 0.29) is 29.8 Å². The minimum Gasteiger partial charge on any atom is -0.490 e. The predicted octanol–water partition coefficient (Wildman–Crippen LogP) is 4.23. The standard InChI is InChI=1S/C29H36N2O5/c1-2-35-29(34)22-11-15-26(16-12-22)36-25-13-9-21(10-14-25)27(32)30-17-18-31-28(33)24-8-7-20-5-3-4-6-23(20)19-24/h7-10,13-14,19,22,26H,2-6,11-12,15-18H2,1H3,(H,30,32)(H,31,33). The lowest BCUT2D eigenvalue weighted by atomic mass is 9.87. The van der Waals surface area contributed by atoms with Crippen molar-refractivity contribution in [2.45, 2.75) is 64.4 Å². The van der Waals surface area contributed by atoms with Crippen LogP contribution in [0.1, 0.15) is 77.3 Å². The van der Waals surface area contributed by atoms with Crippen molar-refractivity contribution in [2.75, 3.05) is 19.7 Å². The normalized spacial score (nSPS) is 19.0. The number of ether oxygens (including phenoxy) is 2. The summed E-state index contributed by atoms with van der Waals surface area (Å²) in [6, 6.07) is 13.0. The van der Waals surface area contributed by atoms with Crippen molar-refractivity contribution in [1.82, 2.24) is 10.6 Å². The highest BCUT2D eigenvalue weighted by Gasteiger charge is 2.28. The average Bonchev–Trinajstić information content (AvgIpc) is 2.91. The van der Waals surface area contributed by atoms with Crippen LogP contribution in [0.3, 0.4) is 0 Å². The van der Waals surface area contributed by atoms with Gasteiger partial charge >= 0.3 is 5.97 Å². The molecule has 0 bridgehead atoms. The highest BCUT2D eigenvalue weighted by Crippen LogP contribution is 2.28. The van der Waals surface area contributed by atoms with Gasteiger partial charge in [-0.3, -0.25) is 14.4 Å². The summed E-state index contributed by atoms with van der Waals surface area (Å²) in [5.74, 6) is 0.265. The van der Waals surface area contributed by atoms with Gasteiger partial charge in [-0.05, 0) is 106 Å². The number of benzene rings is 2. The van der Waals surface area contributed by atoms with E-state index in [0.29, 0.717) is 36.6 Å². The fraction of sp³-hybridized carbons (Fsp3) is 0.483. The molecule has 7 nitrogen and oxygen atoms in total. The van der Waals surface area contributed by atoms with Gasteiger partial charge in [-0.25, -0.2) is 0 Å². The molecule has 4 rings (SSSR count). The van der Waals surface area contributed by atoms with Crippen LogP contribution in [0, 0.1) is 5.92 Å². The molecule has 0 atom stereocenters. The number of hydrogen-bond donors (Lipinski definition) is 2. The monoisotopic (exact) mass is 492 g/mol. The average molecular weight is 493 g/mol. The van der Waals surface area contributed by atoms with Crippen LogP contribution in [-0.4, -0.2) is 43.6 Å². The summed E-state index contributed by atoms with van der Waals surface area (Å²) in [5, 5.41) is 5.73. The third-order valence-corrected chi connectivity index (χ3v) is 7.02. The molecule has 2 N–H and O–H groups in total. The van der Waals surface area contributed by atoms with E-state index in [1.54, 1.807) is 24.3 Å². The summed E-state index contributed by atoms with van der Waals surface area (Å²) >= 11 is 0. The van der Waals surface area contributed by atoms with Crippen molar-refractivity contribution in [3.05, 3.63) is 64.7 Å². The fourth-order valence-electron chi connectivity index (χ4n) is 4.98. The topological polar surface area (TPSA) is 93.7 Å². The zero-order valence-electron chi connectivity index (χ0n) is 21.0. The number of aryl methyl sites for hydroxylation is 2. The maximum atomic E-state index is 12.5. The van der Waals surface area contributed by atoms with Gasteiger partial charge in [0.2, 0.25) is 0 Å². The molecule has 0 heterocycles. The highest BCUT2D eigenvalue weighted by molar-refractivity contribution is 5.95. The van der Waals surface area contributed by atoms with Crippen LogP contribution < -0.4 is 15.4 Å². The first-order chi connectivity index (χ1) is 17.5. The molecular weight excluding hydrogens is 456 g/mol. The Morgan fingerprint density at radius 2 is 1.42 bits per heavy atom. The zero-order chi connectivity index (χ0) is 25.3. The first kappa shape index (κ1) is 25.7. The Hall–Kier alpha value is -3.35. The molecule has 0 spiro atoms. The lowest BCUT2D eigenvalue weighted by molar-refractivity contribution is -0.149. The Bertz CT molecular complexity index is 1060. The first-order valence-electron chi connectivity index (χ1n) is 13.1. The van der Waals surface area contributed by atoms with Gasteiger partial charge in [0.15, 0.2) is 0 Å². The van der Waals surface area contributed by atoms with Gasteiger partial charge in [-0.1, -0.05) is 6.07 Å². The maximum Gasteiger partial charge on any atom is 0.308 e.